The lowest BCUT2D eigenvalue weighted by molar-refractivity contribution is -0.143. The van der Waals surface area contributed by atoms with E-state index in [1.807, 2.05) is 30.3 Å². The van der Waals surface area contributed by atoms with E-state index in [9.17, 15) is 9.59 Å². The highest BCUT2D eigenvalue weighted by molar-refractivity contribution is 6.74. The van der Waals surface area contributed by atoms with Gasteiger partial charge in [-0.15, -0.1) is 0 Å². The SMILES string of the molecule is COC(=O)[C@H](CCO[Si](C)(C)C(C)(C)C)NC(=O)c1ccc2ccccc2n1. The molecule has 0 bridgehead atoms. The van der Waals surface area contributed by atoms with Crippen molar-refractivity contribution in [2.24, 2.45) is 0 Å². The van der Waals surface area contributed by atoms with Crippen LogP contribution < -0.4 is 5.32 Å². The molecule has 7 heteroatoms. The summed E-state index contributed by atoms with van der Waals surface area (Å²) >= 11 is 0. The number of hydrogen-bond acceptors (Lipinski definition) is 5. The van der Waals surface area contributed by atoms with Crippen LogP contribution in [0, 0.1) is 0 Å². The van der Waals surface area contributed by atoms with Crippen molar-refractivity contribution in [1.82, 2.24) is 10.3 Å². The number of esters is 1. The highest BCUT2D eigenvalue weighted by Crippen LogP contribution is 2.36. The molecule has 0 saturated carbocycles. The first-order valence-corrected chi connectivity index (χ1v) is 12.3. The van der Waals surface area contributed by atoms with Crippen LogP contribution in [0.2, 0.25) is 18.1 Å². The topological polar surface area (TPSA) is 77.5 Å². The number of carbonyl (C=O) groups is 2. The van der Waals surface area contributed by atoms with Gasteiger partial charge >= 0.3 is 5.97 Å². The van der Waals surface area contributed by atoms with Gasteiger partial charge in [0.1, 0.15) is 11.7 Å². The Hall–Kier alpha value is -2.25. The molecule has 28 heavy (non-hydrogen) atoms. The predicted molar refractivity (Wildman–Crippen MR) is 113 cm³/mol. The number of amides is 1. The average Bonchev–Trinajstić information content (AvgIpc) is 2.65. The van der Waals surface area contributed by atoms with Gasteiger partial charge in [0.05, 0.1) is 12.6 Å². The van der Waals surface area contributed by atoms with E-state index in [-0.39, 0.29) is 10.7 Å². The second kappa shape index (κ2) is 8.83. The Bertz CT molecular complexity index is 846. The normalized spacial score (nSPS) is 13.2. The largest absolute Gasteiger partial charge is 0.467 e. The first-order valence-electron chi connectivity index (χ1n) is 9.43. The van der Waals surface area contributed by atoms with Crippen LogP contribution in [0.5, 0.6) is 0 Å². The summed E-state index contributed by atoms with van der Waals surface area (Å²) in [4.78, 5) is 29.1. The monoisotopic (exact) mass is 402 g/mol. The summed E-state index contributed by atoms with van der Waals surface area (Å²) in [6.45, 7) is 11.1. The van der Waals surface area contributed by atoms with Gasteiger partial charge in [-0.05, 0) is 30.3 Å². The number of nitrogens with one attached hydrogen (secondary N) is 1. The van der Waals surface area contributed by atoms with Gasteiger partial charge in [0.2, 0.25) is 0 Å². The Balaban J connectivity index is 2.06. The molecule has 0 fully saturated rings. The maximum Gasteiger partial charge on any atom is 0.328 e. The number of fused-ring (bicyclic) bond motifs is 1. The van der Waals surface area contributed by atoms with Gasteiger partial charge in [-0.1, -0.05) is 45.0 Å². The fourth-order valence-electron chi connectivity index (χ4n) is 2.46. The van der Waals surface area contributed by atoms with Gasteiger partial charge in [-0.2, -0.15) is 0 Å². The second-order valence-electron chi connectivity index (χ2n) is 8.34. The Kier molecular flexibility index (Phi) is 6.95. The molecule has 152 valence electrons. The predicted octanol–water partition coefficient (Wildman–Crippen LogP) is 3.92. The lowest BCUT2D eigenvalue weighted by Gasteiger charge is -2.36. The molecule has 2 aromatic rings. The molecule has 1 heterocycles. The molecule has 1 N–H and O–H groups in total. The van der Waals surface area contributed by atoms with Gasteiger partial charge in [-0.3, -0.25) is 4.79 Å². The fourth-order valence-corrected chi connectivity index (χ4v) is 3.53. The van der Waals surface area contributed by atoms with Crippen LogP contribution in [0.3, 0.4) is 0 Å². The number of aromatic nitrogens is 1. The van der Waals surface area contributed by atoms with E-state index in [0.29, 0.717) is 13.0 Å². The lowest BCUT2D eigenvalue weighted by Crippen LogP contribution is -2.45. The van der Waals surface area contributed by atoms with E-state index in [1.165, 1.54) is 7.11 Å². The van der Waals surface area contributed by atoms with E-state index < -0.39 is 26.2 Å². The zero-order chi connectivity index (χ0) is 20.9. The van der Waals surface area contributed by atoms with E-state index in [0.717, 1.165) is 10.9 Å². The minimum Gasteiger partial charge on any atom is -0.467 e. The number of rotatable bonds is 7. The zero-order valence-electron chi connectivity index (χ0n) is 17.5. The van der Waals surface area contributed by atoms with Gasteiger partial charge in [-0.25, -0.2) is 9.78 Å². The van der Waals surface area contributed by atoms with Crippen LogP contribution in [-0.4, -0.2) is 44.9 Å². The third kappa shape index (κ3) is 5.39. The summed E-state index contributed by atoms with van der Waals surface area (Å²) in [6, 6.07) is 10.3. The van der Waals surface area contributed by atoms with Crippen molar-refractivity contribution in [3.63, 3.8) is 0 Å². The van der Waals surface area contributed by atoms with Crippen molar-refractivity contribution in [1.29, 1.82) is 0 Å². The minimum absolute atomic E-state index is 0.0754. The van der Waals surface area contributed by atoms with Crippen molar-refractivity contribution in [3.8, 4) is 0 Å². The van der Waals surface area contributed by atoms with Crippen LogP contribution in [0.1, 0.15) is 37.7 Å². The first-order chi connectivity index (χ1) is 13.0. The number of benzene rings is 1. The molecule has 0 aliphatic rings. The number of carbonyl (C=O) groups excluding carboxylic acids is 2. The van der Waals surface area contributed by atoms with Crippen LogP contribution in [0.4, 0.5) is 0 Å². The summed E-state index contributed by atoms with van der Waals surface area (Å²) in [5.74, 6) is -0.901. The van der Waals surface area contributed by atoms with Gasteiger partial charge in [0.25, 0.3) is 5.91 Å². The van der Waals surface area contributed by atoms with Crippen LogP contribution in [0.25, 0.3) is 10.9 Å². The van der Waals surface area contributed by atoms with Gasteiger partial charge in [0.15, 0.2) is 8.32 Å². The van der Waals surface area contributed by atoms with Crippen molar-refractivity contribution < 1.29 is 18.8 Å². The molecule has 1 aromatic carbocycles. The molecule has 0 spiro atoms. The Morgan fingerprint density at radius 2 is 1.82 bits per heavy atom. The molecular formula is C21H30N2O4Si. The van der Waals surface area contributed by atoms with Crippen molar-refractivity contribution >= 4 is 31.1 Å². The Morgan fingerprint density at radius 1 is 1.14 bits per heavy atom. The lowest BCUT2D eigenvalue weighted by atomic mass is 10.2. The Morgan fingerprint density at radius 3 is 2.46 bits per heavy atom. The molecule has 0 aliphatic heterocycles. The summed E-state index contributed by atoms with van der Waals surface area (Å²) in [5, 5.41) is 3.76. The highest BCUT2D eigenvalue weighted by Gasteiger charge is 2.37. The van der Waals surface area contributed by atoms with Gasteiger partial charge < -0.3 is 14.5 Å². The summed E-state index contributed by atoms with van der Waals surface area (Å²) in [5.41, 5.74) is 0.990. The third-order valence-electron chi connectivity index (χ3n) is 5.30. The van der Waals surface area contributed by atoms with E-state index in [1.54, 1.807) is 6.07 Å². The quantitative estimate of drug-likeness (QED) is 0.561. The number of ether oxygens (including phenoxy) is 1. The maximum atomic E-state index is 12.6. The molecule has 2 rings (SSSR count). The highest BCUT2D eigenvalue weighted by atomic mass is 28.4. The minimum atomic E-state index is -1.93. The smallest absolute Gasteiger partial charge is 0.328 e. The van der Waals surface area contributed by atoms with Crippen LogP contribution in [-0.2, 0) is 14.0 Å². The fraction of sp³-hybridized carbons (Fsp3) is 0.476. The third-order valence-corrected chi connectivity index (χ3v) is 9.84. The number of methoxy groups -OCH3 is 1. The summed E-state index contributed by atoms with van der Waals surface area (Å²) in [6.07, 6.45) is 0.346. The molecule has 6 nitrogen and oxygen atoms in total. The number of nitrogens with zero attached hydrogens (tertiary/aromatic N) is 1. The second-order valence-corrected chi connectivity index (χ2v) is 13.1. The summed E-state index contributed by atoms with van der Waals surface area (Å²) in [7, 11) is -0.618. The number of pyridine rings is 1. The van der Waals surface area contributed by atoms with E-state index in [4.69, 9.17) is 9.16 Å². The molecule has 0 saturated heterocycles. The zero-order valence-corrected chi connectivity index (χ0v) is 18.5. The van der Waals surface area contributed by atoms with Gasteiger partial charge in [0, 0.05) is 18.4 Å². The summed E-state index contributed by atoms with van der Waals surface area (Å²) < 4.78 is 11.0. The standard InChI is InChI=1S/C21H30N2O4Si/c1-21(2,3)28(5,6)27-14-13-18(20(25)26-4)23-19(24)17-12-11-15-9-7-8-10-16(15)22-17/h7-12,18H,13-14H2,1-6H3,(H,23,24)/t18-/m0/s1. The molecule has 1 aromatic heterocycles. The average molecular weight is 403 g/mol. The molecular weight excluding hydrogens is 372 g/mol. The molecule has 1 amide bonds. The van der Waals surface area contributed by atoms with Crippen molar-refractivity contribution in [3.05, 3.63) is 42.1 Å². The maximum absolute atomic E-state index is 12.6. The van der Waals surface area contributed by atoms with Crippen molar-refractivity contribution in [2.75, 3.05) is 13.7 Å². The first kappa shape index (κ1) is 22.0. The molecule has 0 aliphatic carbocycles. The van der Waals surface area contributed by atoms with E-state index >= 15 is 0 Å². The molecule has 0 unspecified atom stereocenters. The van der Waals surface area contributed by atoms with E-state index in [2.05, 4.69) is 44.2 Å². The molecule has 1 atom stereocenters. The number of para-hydroxylation sites is 1. The van der Waals surface area contributed by atoms with Crippen molar-refractivity contribution in [2.45, 2.75) is 51.4 Å². The molecule has 0 radical (unpaired) electrons. The number of hydrogen-bond donors (Lipinski definition) is 1. The van der Waals surface area contributed by atoms with Crippen LogP contribution in [0.15, 0.2) is 36.4 Å². The van der Waals surface area contributed by atoms with Crippen LogP contribution >= 0.6 is 0 Å². The Labute approximate surface area is 167 Å².